The molecule has 9 nitrogen and oxygen atoms in total. The lowest BCUT2D eigenvalue weighted by molar-refractivity contribution is -0.130. The van der Waals surface area contributed by atoms with Gasteiger partial charge in [-0.15, -0.1) is 5.10 Å². The number of rotatable bonds is 5. The maximum Gasteiger partial charge on any atom is 0.253 e. The van der Waals surface area contributed by atoms with Gasteiger partial charge >= 0.3 is 0 Å². The quantitative estimate of drug-likeness (QED) is 0.468. The standard InChI is InChI=1S/C19H16N6O3S/c1-24-19(20-22-23-24)29-11-18(26)25-14(16-7-4-8-27-16)10-13(21-25)17-9-12-5-2-3-6-15(12)28-17/h2-9,14H,10-11H2,1H3. The Morgan fingerprint density at radius 2 is 2.17 bits per heavy atom. The second-order valence-corrected chi connectivity index (χ2v) is 7.49. The Balaban J connectivity index is 1.42. The maximum absolute atomic E-state index is 13.0. The predicted molar refractivity (Wildman–Crippen MR) is 105 cm³/mol. The van der Waals surface area contributed by atoms with Crippen molar-refractivity contribution in [2.75, 3.05) is 5.75 Å². The number of tetrazole rings is 1. The van der Waals surface area contributed by atoms with Crippen LogP contribution < -0.4 is 0 Å². The van der Waals surface area contributed by atoms with E-state index in [9.17, 15) is 4.79 Å². The molecule has 1 amide bonds. The van der Waals surface area contributed by atoms with E-state index < -0.39 is 0 Å². The fraction of sp³-hybridized carbons (Fsp3) is 0.211. The number of furan rings is 2. The van der Waals surface area contributed by atoms with Gasteiger partial charge in [0.05, 0.1) is 12.0 Å². The van der Waals surface area contributed by atoms with E-state index in [0.717, 1.165) is 11.0 Å². The largest absolute Gasteiger partial charge is 0.467 e. The molecule has 29 heavy (non-hydrogen) atoms. The van der Waals surface area contributed by atoms with Crippen LogP contribution in [0.4, 0.5) is 0 Å². The van der Waals surface area contributed by atoms with Gasteiger partial charge in [0, 0.05) is 18.9 Å². The van der Waals surface area contributed by atoms with Crippen LogP contribution in [0.2, 0.25) is 0 Å². The number of thioether (sulfide) groups is 1. The van der Waals surface area contributed by atoms with Gasteiger partial charge in [-0.05, 0) is 34.7 Å². The van der Waals surface area contributed by atoms with Crippen molar-refractivity contribution in [2.24, 2.45) is 12.1 Å². The van der Waals surface area contributed by atoms with E-state index in [-0.39, 0.29) is 17.7 Å². The third-order valence-corrected chi connectivity index (χ3v) is 5.65. The molecule has 5 rings (SSSR count). The number of nitrogens with zero attached hydrogens (tertiary/aromatic N) is 6. The van der Waals surface area contributed by atoms with Crippen LogP contribution in [-0.2, 0) is 11.8 Å². The first-order valence-corrected chi connectivity index (χ1v) is 9.94. The normalized spacial score (nSPS) is 16.5. The molecule has 4 heterocycles. The monoisotopic (exact) mass is 408 g/mol. The highest BCUT2D eigenvalue weighted by atomic mass is 32.2. The molecule has 0 bridgehead atoms. The van der Waals surface area contributed by atoms with Crippen molar-refractivity contribution >= 4 is 34.3 Å². The Bertz CT molecular complexity index is 1160. The molecule has 3 aromatic heterocycles. The van der Waals surface area contributed by atoms with Crippen LogP contribution in [0.15, 0.2) is 67.8 Å². The molecule has 1 atom stereocenters. The first-order valence-electron chi connectivity index (χ1n) is 8.96. The number of aryl methyl sites for hydroxylation is 1. The fourth-order valence-electron chi connectivity index (χ4n) is 3.25. The molecular weight excluding hydrogens is 392 g/mol. The zero-order valence-corrected chi connectivity index (χ0v) is 16.2. The number of benzene rings is 1. The lowest BCUT2D eigenvalue weighted by Gasteiger charge is -2.19. The Labute approximate surface area is 169 Å². The topological polar surface area (TPSA) is 103 Å². The van der Waals surface area contributed by atoms with Gasteiger partial charge in [0.15, 0.2) is 5.76 Å². The number of carbonyl (C=O) groups is 1. The number of hydrazone groups is 1. The lowest BCUT2D eigenvalue weighted by Crippen LogP contribution is -2.28. The van der Waals surface area contributed by atoms with E-state index >= 15 is 0 Å². The molecule has 146 valence electrons. The Kier molecular flexibility index (Phi) is 4.39. The summed E-state index contributed by atoms with van der Waals surface area (Å²) in [5.74, 6) is 1.33. The SMILES string of the molecule is Cn1nnnc1SCC(=O)N1N=C(c2cc3ccccc3o2)CC1c1ccco1. The van der Waals surface area contributed by atoms with Crippen LogP contribution in [0.5, 0.6) is 0 Å². The van der Waals surface area contributed by atoms with Crippen molar-refractivity contribution in [3.05, 3.63) is 60.2 Å². The zero-order chi connectivity index (χ0) is 19.8. The van der Waals surface area contributed by atoms with Crippen molar-refractivity contribution in [2.45, 2.75) is 17.6 Å². The molecule has 0 aliphatic carbocycles. The van der Waals surface area contributed by atoms with Gasteiger partial charge in [-0.2, -0.15) is 5.10 Å². The van der Waals surface area contributed by atoms with E-state index in [4.69, 9.17) is 8.83 Å². The molecule has 1 aliphatic heterocycles. The van der Waals surface area contributed by atoms with Gasteiger partial charge < -0.3 is 8.83 Å². The van der Waals surface area contributed by atoms with Crippen molar-refractivity contribution in [1.82, 2.24) is 25.2 Å². The van der Waals surface area contributed by atoms with Crippen molar-refractivity contribution in [3.63, 3.8) is 0 Å². The third kappa shape index (κ3) is 3.31. The fourth-order valence-corrected chi connectivity index (χ4v) is 3.95. The van der Waals surface area contributed by atoms with Gasteiger partial charge in [-0.25, -0.2) is 9.69 Å². The van der Waals surface area contributed by atoms with Crippen molar-refractivity contribution < 1.29 is 13.6 Å². The summed E-state index contributed by atoms with van der Waals surface area (Å²) >= 11 is 1.26. The Hall–Kier alpha value is -3.40. The highest BCUT2D eigenvalue weighted by molar-refractivity contribution is 7.99. The van der Waals surface area contributed by atoms with E-state index in [0.29, 0.717) is 28.8 Å². The Morgan fingerprint density at radius 3 is 2.93 bits per heavy atom. The van der Waals surface area contributed by atoms with Gasteiger partial charge in [0.1, 0.15) is 23.1 Å². The number of aromatic nitrogens is 4. The number of amides is 1. The number of carbonyl (C=O) groups excluding carboxylic acids is 1. The lowest BCUT2D eigenvalue weighted by atomic mass is 10.1. The molecule has 0 N–H and O–H groups in total. The molecule has 0 spiro atoms. The highest BCUT2D eigenvalue weighted by Crippen LogP contribution is 2.35. The number of fused-ring (bicyclic) bond motifs is 1. The molecular formula is C19H16N6O3S. The van der Waals surface area contributed by atoms with Crippen LogP contribution in [0, 0.1) is 0 Å². The van der Waals surface area contributed by atoms with Crippen LogP contribution in [0.1, 0.15) is 24.0 Å². The summed E-state index contributed by atoms with van der Waals surface area (Å²) in [5, 5.41) is 18.9. The smallest absolute Gasteiger partial charge is 0.253 e. The molecule has 0 fully saturated rings. The number of hydrogen-bond donors (Lipinski definition) is 0. The van der Waals surface area contributed by atoms with Gasteiger partial charge in [-0.1, -0.05) is 30.0 Å². The molecule has 0 saturated carbocycles. The molecule has 4 aromatic rings. The van der Waals surface area contributed by atoms with Crippen LogP contribution in [0.3, 0.4) is 0 Å². The zero-order valence-electron chi connectivity index (χ0n) is 15.4. The average molecular weight is 408 g/mol. The van der Waals surface area contributed by atoms with Gasteiger partial charge in [0.25, 0.3) is 5.91 Å². The first-order chi connectivity index (χ1) is 14.2. The summed E-state index contributed by atoms with van der Waals surface area (Å²) < 4.78 is 13.0. The Morgan fingerprint density at radius 1 is 1.28 bits per heavy atom. The van der Waals surface area contributed by atoms with E-state index in [1.807, 2.05) is 36.4 Å². The number of para-hydroxylation sites is 1. The summed E-state index contributed by atoms with van der Waals surface area (Å²) in [6.45, 7) is 0. The summed E-state index contributed by atoms with van der Waals surface area (Å²) in [6, 6.07) is 13.0. The molecule has 1 aromatic carbocycles. The summed E-state index contributed by atoms with van der Waals surface area (Å²) in [4.78, 5) is 13.0. The highest BCUT2D eigenvalue weighted by Gasteiger charge is 2.36. The van der Waals surface area contributed by atoms with Crippen LogP contribution in [-0.4, -0.2) is 42.6 Å². The first kappa shape index (κ1) is 17.7. The molecule has 10 heteroatoms. The summed E-state index contributed by atoms with van der Waals surface area (Å²) in [5.41, 5.74) is 1.50. The molecule has 0 radical (unpaired) electrons. The van der Waals surface area contributed by atoms with Gasteiger partial charge in [0.2, 0.25) is 5.16 Å². The van der Waals surface area contributed by atoms with Crippen LogP contribution >= 0.6 is 11.8 Å². The second-order valence-electron chi connectivity index (χ2n) is 6.54. The minimum absolute atomic E-state index is 0.155. The second kappa shape index (κ2) is 7.21. The van der Waals surface area contributed by atoms with Crippen molar-refractivity contribution in [3.8, 4) is 0 Å². The average Bonchev–Trinajstić information content (AvgIpc) is 3.51. The molecule has 1 aliphatic rings. The van der Waals surface area contributed by atoms with E-state index in [2.05, 4.69) is 20.6 Å². The third-order valence-electron chi connectivity index (χ3n) is 4.65. The summed E-state index contributed by atoms with van der Waals surface area (Å²) in [6.07, 6.45) is 2.10. The van der Waals surface area contributed by atoms with Crippen LogP contribution in [0.25, 0.3) is 11.0 Å². The number of hydrogen-bond acceptors (Lipinski definition) is 8. The molecule has 0 saturated heterocycles. The van der Waals surface area contributed by atoms with Gasteiger partial charge in [-0.3, -0.25) is 4.79 Å². The summed E-state index contributed by atoms with van der Waals surface area (Å²) in [7, 11) is 1.73. The predicted octanol–water partition coefficient (Wildman–Crippen LogP) is 3.02. The molecule has 1 unspecified atom stereocenters. The minimum atomic E-state index is -0.320. The minimum Gasteiger partial charge on any atom is -0.467 e. The maximum atomic E-state index is 13.0. The van der Waals surface area contributed by atoms with E-state index in [1.54, 1.807) is 19.4 Å². The van der Waals surface area contributed by atoms with E-state index in [1.165, 1.54) is 21.5 Å². The van der Waals surface area contributed by atoms with Crippen molar-refractivity contribution in [1.29, 1.82) is 0 Å².